The summed E-state index contributed by atoms with van der Waals surface area (Å²) < 4.78 is 5.61. The Morgan fingerprint density at radius 2 is 1.91 bits per heavy atom. The van der Waals surface area contributed by atoms with Gasteiger partial charge in [0.25, 0.3) is 0 Å². The zero-order valence-electron chi connectivity index (χ0n) is 13.9. The topological polar surface area (TPSA) is 38.3 Å². The summed E-state index contributed by atoms with van der Waals surface area (Å²) in [4.78, 5) is 13.0. The molecule has 2 rings (SSSR count). The van der Waals surface area contributed by atoms with E-state index in [9.17, 15) is 4.79 Å². The number of carbonyl (C=O) groups excluding carboxylic acids is 1. The van der Waals surface area contributed by atoms with Gasteiger partial charge in [-0.1, -0.05) is 18.2 Å². The van der Waals surface area contributed by atoms with Gasteiger partial charge in [0.05, 0.1) is 12.3 Å². The van der Waals surface area contributed by atoms with Crippen LogP contribution in [0.4, 0.5) is 0 Å². The Morgan fingerprint density at radius 3 is 2.65 bits per heavy atom. The predicted octanol–water partition coefficient (Wildman–Crippen LogP) is 3.90. The van der Waals surface area contributed by atoms with E-state index in [0.717, 1.165) is 16.2 Å². The molecule has 1 amide bonds. The summed E-state index contributed by atoms with van der Waals surface area (Å²) in [5, 5.41) is 2.88. The van der Waals surface area contributed by atoms with Crippen molar-refractivity contribution in [2.75, 3.05) is 18.9 Å². The molecule has 0 aromatic heterocycles. The molecule has 3 nitrogen and oxygen atoms in total. The van der Waals surface area contributed by atoms with E-state index in [2.05, 4.69) is 37.4 Å². The number of hydrogen-bond donors (Lipinski definition) is 1. The van der Waals surface area contributed by atoms with Gasteiger partial charge in [-0.05, 0) is 61.7 Å². The molecule has 23 heavy (non-hydrogen) atoms. The van der Waals surface area contributed by atoms with Gasteiger partial charge in [0.1, 0.15) is 12.4 Å². The number of nitrogens with one attached hydrogen (secondary N) is 1. The van der Waals surface area contributed by atoms with Crippen molar-refractivity contribution in [1.82, 2.24) is 5.32 Å². The maximum absolute atomic E-state index is 11.8. The molecule has 0 saturated carbocycles. The fourth-order valence-corrected chi connectivity index (χ4v) is 2.89. The Kier molecular flexibility index (Phi) is 6.53. The van der Waals surface area contributed by atoms with E-state index < -0.39 is 0 Å². The van der Waals surface area contributed by atoms with Gasteiger partial charge in [0.15, 0.2) is 0 Å². The van der Waals surface area contributed by atoms with Crippen molar-refractivity contribution in [2.24, 2.45) is 0 Å². The van der Waals surface area contributed by atoms with E-state index >= 15 is 0 Å². The standard InChI is InChI=1S/C19H23NO2S/c1-14-5-4-6-17(11-14)22-10-9-20-19(21)13-23-18-8-7-15(2)16(3)12-18/h4-8,11-12H,9-10,13H2,1-3H3,(H,20,21). The summed E-state index contributed by atoms with van der Waals surface area (Å²) in [5.41, 5.74) is 3.69. The van der Waals surface area contributed by atoms with Crippen LogP contribution >= 0.6 is 11.8 Å². The maximum atomic E-state index is 11.8. The number of amides is 1. The van der Waals surface area contributed by atoms with Crippen molar-refractivity contribution in [3.63, 3.8) is 0 Å². The van der Waals surface area contributed by atoms with Crippen LogP contribution in [-0.4, -0.2) is 24.8 Å². The second kappa shape index (κ2) is 8.63. The number of aryl methyl sites for hydroxylation is 3. The largest absolute Gasteiger partial charge is 0.492 e. The summed E-state index contributed by atoms with van der Waals surface area (Å²) in [6, 6.07) is 14.2. The number of carbonyl (C=O) groups is 1. The van der Waals surface area contributed by atoms with E-state index in [1.165, 1.54) is 11.1 Å². The first-order valence-electron chi connectivity index (χ1n) is 7.71. The molecule has 0 saturated heterocycles. The minimum Gasteiger partial charge on any atom is -0.492 e. The number of thioether (sulfide) groups is 1. The normalized spacial score (nSPS) is 10.4. The lowest BCUT2D eigenvalue weighted by molar-refractivity contribution is -0.118. The Balaban J connectivity index is 1.66. The Hall–Kier alpha value is -1.94. The molecule has 4 heteroatoms. The highest BCUT2D eigenvalue weighted by molar-refractivity contribution is 8.00. The van der Waals surface area contributed by atoms with Gasteiger partial charge in [0, 0.05) is 4.90 Å². The molecule has 0 fully saturated rings. The third kappa shape index (κ3) is 5.99. The quantitative estimate of drug-likeness (QED) is 0.618. The molecule has 0 bridgehead atoms. The first-order chi connectivity index (χ1) is 11.0. The molecule has 0 aliphatic rings. The molecule has 122 valence electrons. The Morgan fingerprint density at radius 1 is 1.09 bits per heavy atom. The van der Waals surface area contributed by atoms with E-state index in [0.29, 0.717) is 18.9 Å². The van der Waals surface area contributed by atoms with Crippen molar-refractivity contribution >= 4 is 17.7 Å². The molecule has 0 aliphatic carbocycles. The zero-order valence-corrected chi connectivity index (χ0v) is 14.7. The van der Waals surface area contributed by atoms with E-state index in [1.807, 2.05) is 31.2 Å². The van der Waals surface area contributed by atoms with Gasteiger partial charge in [0.2, 0.25) is 5.91 Å². The fourth-order valence-electron chi connectivity index (χ4n) is 2.07. The zero-order chi connectivity index (χ0) is 16.7. The van der Waals surface area contributed by atoms with Gasteiger partial charge in [-0.25, -0.2) is 0 Å². The van der Waals surface area contributed by atoms with Crippen molar-refractivity contribution in [2.45, 2.75) is 25.7 Å². The molecule has 0 radical (unpaired) electrons. The van der Waals surface area contributed by atoms with Crippen molar-refractivity contribution in [3.05, 3.63) is 59.2 Å². The van der Waals surface area contributed by atoms with Crippen LogP contribution in [0, 0.1) is 20.8 Å². The van der Waals surface area contributed by atoms with Gasteiger partial charge in [-0.2, -0.15) is 0 Å². The van der Waals surface area contributed by atoms with E-state index in [4.69, 9.17) is 4.74 Å². The number of benzene rings is 2. The van der Waals surface area contributed by atoms with Crippen molar-refractivity contribution < 1.29 is 9.53 Å². The average molecular weight is 329 g/mol. The molecule has 0 spiro atoms. The van der Waals surface area contributed by atoms with Crippen LogP contribution < -0.4 is 10.1 Å². The highest BCUT2D eigenvalue weighted by Crippen LogP contribution is 2.20. The molecule has 0 unspecified atom stereocenters. The van der Waals surface area contributed by atoms with Gasteiger partial charge < -0.3 is 10.1 Å². The van der Waals surface area contributed by atoms with Crippen LogP contribution in [0.5, 0.6) is 5.75 Å². The minimum absolute atomic E-state index is 0.0288. The fraction of sp³-hybridized carbons (Fsp3) is 0.316. The third-order valence-electron chi connectivity index (χ3n) is 3.53. The number of rotatable bonds is 7. The minimum atomic E-state index is 0.0288. The van der Waals surface area contributed by atoms with Crippen molar-refractivity contribution in [3.8, 4) is 5.75 Å². The van der Waals surface area contributed by atoms with Gasteiger partial charge in [-0.15, -0.1) is 11.8 Å². The molecule has 2 aromatic carbocycles. The second-order valence-electron chi connectivity index (χ2n) is 5.55. The molecular weight excluding hydrogens is 306 g/mol. The number of hydrogen-bond acceptors (Lipinski definition) is 3. The SMILES string of the molecule is Cc1cccc(OCCNC(=O)CSc2ccc(C)c(C)c2)c1. The van der Waals surface area contributed by atoms with Crippen LogP contribution in [0.15, 0.2) is 47.4 Å². The molecule has 0 heterocycles. The lowest BCUT2D eigenvalue weighted by Gasteiger charge is -2.09. The summed E-state index contributed by atoms with van der Waals surface area (Å²) in [6.07, 6.45) is 0. The number of ether oxygens (including phenoxy) is 1. The third-order valence-corrected chi connectivity index (χ3v) is 4.52. The molecule has 1 N–H and O–H groups in total. The average Bonchev–Trinajstić information content (AvgIpc) is 2.53. The summed E-state index contributed by atoms with van der Waals surface area (Å²) >= 11 is 1.55. The Bertz CT molecular complexity index is 670. The summed E-state index contributed by atoms with van der Waals surface area (Å²) in [6.45, 7) is 7.19. The van der Waals surface area contributed by atoms with E-state index in [1.54, 1.807) is 11.8 Å². The Labute approximate surface area is 142 Å². The smallest absolute Gasteiger partial charge is 0.230 e. The van der Waals surface area contributed by atoms with E-state index in [-0.39, 0.29) is 5.91 Å². The molecular formula is C19H23NO2S. The molecule has 0 aliphatic heterocycles. The van der Waals surface area contributed by atoms with Crippen LogP contribution in [0.2, 0.25) is 0 Å². The van der Waals surface area contributed by atoms with Crippen LogP contribution in [0.1, 0.15) is 16.7 Å². The maximum Gasteiger partial charge on any atom is 0.230 e. The summed E-state index contributed by atoms with van der Waals surface area (Å²) in [5.74, 6) is 1.29. The summed E-state index contributed by atoms with van der Waals surface area (Å²) in [7, 11) is 0. The first-order valence-corrected chi connectivity index (χ1v) is 8.69. The van der Waals surface area contributed by atoms with Gasteiger partial charge in [-0.3, -0.25) is 4.79 Å². The highest BCUT2D eigenvalue weighted by Gasteiger charge is 2.03. The highest BCUT2D eigenvalue weighted by atomic mass is 32.2. The van der Waals surface area contributed by atoms with Crippen LogP contribution in [0.3, 0.4) is 0 Å². The lowest BCUT2D eigenvalue weighted by atomic mass is 10.1. The lowest BCUT2D eigenvalue weighted by Crippen LogP contribution is -2.29. The van der Waals surface area contributed by atoms with Crippen LogP contribution in [-0.2, 0) is 4.79 Å². The predicted molar refractivity (Wildman–Crippen MR) is 96.3 cm³/mol. The monoisotopic (exact) mass is 329 g/mol. The van der Waals surface area contributed by atoms with Gasteiger partial charge >= 0.3 is 0 Å². The second-order valence-corrected chi connectivity index (χ2v) is 6.60. The molecule has 0 atom stereocenters. The van der Waals surface area contributed by atoms with Crippen molar-refractivity contribution in [1.29, 1.82) is 0 Å². The first kappa shape index (κ1) is 17.4. The molecule has 2 aromatic rings. The van der Waals surface area contributed by atoms with Crippen LogP contribution in [0.25, 0.3) is 0 Å².